The van der Waals surface area contributed by atoms with Gasteiger partial charge in [-0.15, -0.1) is 0 Å². The fraction of sp³-hybridized carbons (Fsp3) is 0.500. The molecule has 38 heavy (non-hydrogen) atoms. The number of alkyl halides is 1. The molecule has 1 aliphatic rings. The molecule has 0 N–H and O–H groups in total. The van der Waals surface area contributed by atoms with E-state index in [1.165, 1.54) is 25.3 Å². The van der Waals surface area contributed by atoms with Gasteiger partial charge in [-0.25, -0.2) is 9.59 Å². The molecule has 0 radical (unpaired) electrons. The van der Waals surface area contributed by atoms with Crippen molar-refractivity contribution in [3.05, 3.63) is 62.5 Å². The molecule has 0 saturated carbocycles. The fourth-order valence-electron chi connectivity index (χ4n) is 3.46. The molecule has 1 aliphatic heterocycles. The van der Waals surface area contributed by atoms with Crippen LogP contribution in [-0.4, -0.2) is 67.8 Å². The largest absolute Gasteiger partial charge is 0.460 e. The molecule has 0 saturated heterocycles. The molecule has 12 heteroatoms. The Morgan fingerprint density at radius 1 is 1.13 bits per heavy atom. The van der Waals surface area contributed by atoms with E-state index in [4.69, 9.17) is 30.6 Å². The minimum Gasteiger partial charge on any atom is -0.460 e. The van der Waals surface area contributed by atoms with E-state index in [0.717, 1.165) is 0 Å². The van der Waals surface area contributed by atoms with Gasteiger partial charge >= 0.3 is 11.9 Å². The zero-order valence-electron chi connectivity index (χ0n) is 23.1. The summed E-state index contributed by atoms with van der Waals surface area (Å²) in [5, 5.41) is 11.3. The Hall–Kier alpha value is -3.44. The molecule has 0 aromatic heterocycles. The molecule has 1 aromatic rings. The smallest absolute Gasteiger partial charge is 0.337 e. The summed E-state index contributed by atoms with van der Waals surface area (Å²) in [6.45, 7) is 11.5. The lowest BCUT2D eigenvalue weighted by molar-refractivity contribution is -0.384. The van der Waals surface area contributed by atoms with E-state index >= 15 is 0 Å². The average Bonchev–Trinajstić information content (AvgIpc) is 2.88. The third-order valence-electron chi connectivity index (χ3n) is 5.21. The number of halogens is 1. The lowest BCUT2D eigenvalue weighted by atomic mass is 9.79. The third-order valence-corrected chi connectivity index (χ3v) is 5.34. The molecule has 212 valence electrons. The number of rotatable bonds is 10. The summed E-state index contributed by atoms with van der Waals surface area (Å²) in [6, 6.07) is 5.84. The van der Waals surface area contributed by atoms with Gasteiger partial charge in [0, 0.05) is 37.7 Å². The monoisotopic (exact) mass is 556 g/mol. The molecule has 2 rings (SSSR count). The molecule has 0 aliphatic carbocycles. The topological polar surface area (TPSA) is 135 Å². The second-order valence-corrected chi connectivity index (χ2v) is 8.02. The molecular weight excluding hydrogens is 520 g/mol. The molecule has 0 amide bonds. The van der Waals surface area contributed by atoms with E-state index in [2.05, 4.69) is 4.74 Å². The summed E-state index contributed by atoms with van der Waals surface area (Å²) in [5.41, 5.74) is 1.91. The van der Waals surface area contributed by atoms with E-state index in [-0.39, 0.29) is 42.2 Å². The van der Waals surface area contributed by atoms with Gasteiger partial charge in [-0.3, -0.25) is 14.9 Å². The van der Waals surface area contributed by atoms with E-state index in [1.807, 2.05) is 13.8 Å². The van der Waals surface area contributed by atoms with Crippen molar-refractivity contribution in [3.8, 4) is 0 Å². The summed E-state index contributed by atoms with van der Waals surface area (Å²) in [7, 11) is 3.23. The van der Waals surface area contributed by atoms with Gasteiger partial charge in [0.2, 0.25) is 0 Å². The van der Waals surface area contributed by atoms with Crippen molar-refractivity contribution in [2.75, 3.05) is 33.4 Å². The number of nitro benzene ring substituents is 1. The molecular formula is C26H37ClN2O9. The summed E-state index contributed by atoms with van der Waals surface area (Å²) in [5.74, 6) is -2.09. The van der Waals surface area contributed by atoms with E-state index < -0.39 is 22.8 Å². The fourth-order valence-corrected chi connectivity index (χ4v) is 3.51. The van der Waals surface area contributed by atoms with Gasteiger partial charge in [0.25, 0.3) is 12.2 Å². The zero-order valence-corrected chi connectivity index (χ0v) is 23.9. The van der Waals surface area contributed by atoms with Gasteiger partial charge in [0.05, 0.1) is 34.7 Å². The van der Waals surface area contributed by atoms with Crippen LogP contribution in [0.15, 0.2) is 46.8 Å². The molecule has 0 bridgehead atoms. The summed E-state index contributed by atoms with van der Waals surface area (Å²) in [6.07, 6.45) is -0.382. The Balaban J connectivity index is 0.00000175. The maximum Gasteiger partial charge on any atom is 0.337 e. The molecule has 1 unspecified atom stereocenters. The Morgan fingerprint density at radius 2 is 1.71 bits per heavy atom. The standard InChI is InChI=1S/C22H28N2O7.C2H3ClO2.C2H6/c1-13(2)31-22(26)19-15(4)23(5)14(3)18(21(25)30-11-10-29-6)20(19)16-8-7-9-17(12-16)24(27)28;3-1-5-2-4;1-2/h7-9,12-13,20H,10-11H2,1-6H3;2H,1H2;1-2H3. The van der Waals surface area contributed by atoms with Gasteiger partial charge in [-0.05, 0) is 33.3 Å². The molecule has 1 aromatic carbocycles. The number of carbonyl (C=O) groups is 3. The van der Waals surface area contributed by atoms with Crippen molar-refractivity contribution < 1.29 is 38.3 Å². The normalized spacial score (nSPS) is 14.6. The van der Waals surface area contributed by atoms with Crippen LogP contribution in [0.1, 0.15) is 53.0 Å². The Kier molecular flexibility index (Phi) is 16.3. The van der Waals surface area contributed by atoms with Crippen molar-refractivity contribution in [2.24, 2.45) is 0 Å². The number of benzene rings is 1. The number of nitro groups is 1. The lowest BCUT2D eigenvalue weighted by Gasteiger charge is -2.36. The minimum absolute atomic E-state index is 0.0337. The highest BCUT2D eigenvalue weighted by atomic mass is 35.5. The Bertz CT molecular complexity index is 1020. The summed E-state index contributed by atoms with van der Waals surface area (Å²) in [4.78, 5) is 47.8. The van der Waals surface area contributed by atoms with Crippen LogP contribution in [0.4, 0.5) is 5.69 Å². The van der Waals surface area contributed by atoms with Crippen molar-refractivity contribution in [2.45, 2.75) is 53.6 Å². The van der Waals surface area contributed by atoms with Crippen LogP contribution < -0.4 is 0 Å². The Morgan fingerprint density at radius 3 is 2.16 bits per heavy atom. The number of methoxy groups -OCH3 is 1. The van der Waals surface area contributed by atoms with Gasteiger partial charge in [0.15, 0.2) is 6.07 Å². The highest BCUT2D eigenvalue weighted by molar-refractivity contribution is 6.17. The van der Waals surface area contributed by atoms with Crippen LogP contribution in [0.3, 0.4) is 0 Å². The van der Waals surface area contributed by atoms with Crippen molar-refractivity contribution >= 4 is 35.7 Å². The summed E-state index contributed by atoms with van der Waals surface area (Å²) >= 11 is 4.85. The number of esters is 2. The molecule has 1 heterocycles. The number of carbonyl (C=O) groups excluding carboxylic acids is 3. The van der Waals surface area contributed by atoms with E-state index in [9.17, 15) is 19.7 Å². The van der Waals surface area contributed by atoms with Crippen molar-refractivity contribution in [1.82, 2.24) is 4.90 Å². The van der Waals surface area contributed by atoms with Gasteiger partial charge in [-0.1, -0.05) is 37.6 Å². The first kappa shape index (κ1) is 34.6. The van der Waals surface area contributed by atoms with Crippen LogP contribution >= 0.6 is 11.6 Å². The van der Waals surface area contributed by atoms with E-state index in [0.29, 0.717) is 23.4 Å². The van der Waals surface area contributed by atoms with Crippen LogP contribution in [-0.2, 0) is 33.3 Å². The SMILES string of the molecule is CC.COCCOC(=O)C1=C(C)N(C)C(C)=C(C(=O)OC(C)C)C1c1cccc([N+](=O)[O-])c1.O=COCCl. The first-order valence-corrected chi connectivity index (χ1v) is 12.4. The second kappa shape index (κ2) is 17.9. The van der Waals surface area contributed by atoms with Crippen LogP contribution in [0.5, 0.6) is 0 Å². The number of allylic oxidation sites excluding steroid dienone is 2. The Labute approximate surface area is 228 Å². The number of ether oxygens (including phenoxy) is 4. The highest BCUT2D eigenvalue weighted by Crippen LogP contribution is 2.43. The first-order valence-electron chi connectivity index (χ1n) is 11.9. The average molecular weight is 557 g/mol. The van der Waals surface area contributed by atoms with E-state index in [1.54, 1.807) is 45.7 Å². The number of hydrogen-bond acceptors (Lipinski definition) is 10. The minimum atomic E-state index is -0.877. The quantitative estimate of drug-likeness (QED) is 0.0759. The number of nitrogens with zero attached hydrogens (tertiary/aromatic N) is 2. The van der Waals surface area contributed by atoms with Crippen LogP contribution in [0.2, 0.25) is 0 Å². The lowest BCUT2D eigenvalue weighted by Crippen LogP contribution is -2.34. The van der Waals surface area contributed by atoms with Crippen molar-refractivity contribution in [1.29, 1.82) is 0 Å². The molecule has 0 fully saturated rings. The first-order chi connectivity index (χ1) is 18.0. The highest BCUT2D eigenvalue weighted by Gasteiger charge is 2.40. The molecule has 11 nitrogen and oxygen atoms in total. The zero-order chi connectivity index (χ0) is 29.4. The van der Waals surface area contributed by atoms with Gasteiger partial charge in [0.1, 0.15) is 6.61 Å². The predicted octanol–water partition coefficient (Wildman–Crippen LogP) is 4.69. The van der Waals surface area contributed by atoms with Crippen LogP contribution in [0, 0.1) is 10.1 Å². The predicted molar refractivity (Wildman–Crippen MR) is 142 cm³/mol. The number of non-ortho nitro benzene ring substituents is 1. The maximum atomic E-state index is 13.1. The molecule has 1 atom stereocenters. The summed E-state index contributed by atoms with van der Waals surface area (Å²) < 4.78 is 19.7. The third kappa shape index (κ3) is 9.79. The molecule has 0 spiro atoms. The van der Waals surface area contributed by atoms with Crippen molar-refractivity contribution in [3.63, 3.8) is 0 Å². The maximum absolute atomic E-state index is 13.1. The number of hydrogen-bond donors (Lipinski definition) is 0. The van der Waals surface area contributed by atoms with Gasteiger partial charge in [-0.2, -0.15) is 0 Å². The van der Waals surface area contributed by atoms with Gasteiger partial charge < -0.3 is 23.8 Å². The van der Waals surface area contributed by atoms with Crippen LogP contribution in [0.25, 0.3) is 0 Å². The second-order valence-electron chi connectivity index (χ2n) is 7.80.